The molecule has 124 valence electrons. The predicted octanol–water partition coefficient (Wildman–Crippen LogP) is 4.49. The monoisotopic (exact) mass is 407 g/mol. The standard InChI is InChI=1S/C18H15BrClNO3/c1-18(23,16-8-11-4-2-3-5-15(11)24-16)10-21-17(22)13-9-12(19)6-7-14(13)20/h2-9,23H,10H2,1H3,(H,21,22). The number of carbonyl (C=O) groups excluding carboxylic acids is 1. The zero-order valence-electron chi connectivity index (χ0n) is 12.8. The molecule has 1 aromatic heterocycles. The van der Waals surface area contributed by atoms with Crippen molar-refractivity contribution in [2.75, 3.05) is 6.54 Å². The highest BCUT2D eigenvalue weighted by Crippen LogP contribution is 2.28. The van der Waals surface area contributed by atoms with E-state index >= 15 is 0 Å². The van der Waals surface area contributed by atoms with Crippen molar-refractivity contribution in [1.82, 2.24) is 5.32 Å². The van der Waals surface area contributed by atoms with Crippen molar-refractivity contribution in [2.45, 2.75) is 12.5 Å². The van der Waals surface area contributed by atoms with Crippen LogP contribution < -0.4 is 5.32 Å². The van der Waals surface area contributed by atoms with Crippen molar-refractivity contribution in [3.63, 3.8) is 0 Å². The Balaban J connectivity index is 1.77. The van der Waals surface area contributed by atoms with Crippen molar-refractivity contribution in [3.8, 4) is 0 Å². The second-order valence-corrected chi connectivity index (χ2v) is 7.05. The molecule has 6 heteroatoms. The zero-order chi connectivity index (χ0) is 17.3. The van der Waals surface area contributed by atoms with Crippen LogP contribution in [-0.2, 0) is 5.60 Å². The number of furan rings is 1. The summed E-state index contributed by atoms with van der Waals surface area (Å²) >= 11 is 9.36. The second kappa shape index (κ2) is 6.59. The molecule has 0 spiro atoms. The van der Waals surface area contributed by atoms with Crippen molar-refractivity contribution in [1.29, 1.82) is 0 Å². The van der Waals surface area contributed by atoms with E-state index in [-0.39, 0.29) is 12.5 Å². The molecule has 1 atom stereocenters. The van der Waals surface area contributed by atoms with Crippen molar-refractivity contribution in [2.24, 2.45) is 0 Å². The van der Waals surface area contributed by atoms with Crippen LogP contribution in [0.1, 0.15) is 23.0 Å². The van der Waals surface area contributed by atoms with Crippen LogP contribution in [0, 0.1) is 0 Å². The molecule has 0 aliphatic heterocycles. The molecular formula is C18H15BrClNO3. The Labute approximate surface area is 152 Å². The average Bonchev–Trinajstić information content (AvgIpc) is 3.00. The van der Waals surface area contributed by atoms with Crippen molar-refractivity contribution >= 4 is 44.4 Å². The number of carbonyl (C=O) groups is 1. The fourth-order valence-electron chi connectivity index (χ4n) is 2.35. The normalized spacial score (nSPS) is 13.7. The molecule has 0 fully saturated rings. The van der Waals surface area contributed by atoms with Crippen LogP contribution in [-0.4, -0.2) is 17.6 Å². The third kappa shape index (κ3) is 3.48. The lowest BCUT2D eigenvalue weighted by atomic mass is 10.0. The van der Waals surface area contributed by atoms with E-state index in [4.69, 9.17) is 16.0 Å². The van der Waals surface area contributed by atoms with Gasteiger partial charge in [0, 0.05) is 9.86 Å². The van der Waals surface area contributed by atoms with Gasteiger partial charge in [0.05, 0.1) is 17.1 Å². The van der Waals surface area contributed by atoms with Crippen LogP contribution in [0.5, 0.6) is 0 Å². The first-order valence-electron chi connectivity index (χ1n) is 7.31. The van der Waals surface area contributed by atoms with Gasteiger partial charge in [-0.1, -0.05) is 45.7 Å². The Bertz CT molecular complexity index is 871. The van der Waals surface area contributed by atoms with Crippen LogP contribution in [0.3, 0.4) is 0 Å². The van der Waals surface area contributed by atoms with E-state index in [1.807, 2.05) is 24.3 Å². The first kappa shape index (κ1) is 17.0. The molecule has 2 aromatic carbocycles. The first-order chi connectivity index (χ1) is 11.4. The molecule has 3 aromatic rings. The van der Waals surface area contributed by atoms with Crippen LogP contribution in [0.4, 0.5) is 0 Å². The van der Waals surface area contributed by atoms with E-state index in [1.165, 1.54) is 0 Å². The Kier molecular flexibility index (Phi) is 4.67. The Morgan fingerprint density at radius 2 is 2.04 bits per heavy atom. The lowest BCUT2D eigenvalue weighted by Gasteiger charge is -2.21. The number of rotatable bonds is 4. The minimum atomic E-state index is -1.34. The molecule has 1 unspecified atom stereocenters. The van der Waals surface area contributed by atoms with Gasteiger partial charge in [-0.3, -0.25) is 4.79 Å². The maximum Gasteiger partial charge on any atom is 0.252 e. The Hall–Kier alpha value is -1.82. The largest absolute Gasteiger partial charge is 0.458 e. The van der Waals surface area contributed by atoms with Gasteiger partial charge in [0.2, 0.25) is 0 Å². The Morgan fingerprint density at radius 3 is 2.79 bits per heavy atom. The van der Waals surface area contributed by atoms with E-state index in [9.17, 15) is 9.90 Å². The summed E-state index contributed by atoms with van der Waals surface area (Å²) < 4.78 is 6.43. The smallest absolute Gasteiger partial charge is 0.252 e. The van der Waals surface area contributed by atoms with Crippen LogP contribution in [0.25, 0.3) is 11.0 Å². The van der Waals surface area contributed by atoms with Crippen LogP contribution in [0.15, 0.2) is 57.4 Å². The molecule has 24 heavy (non-hydrogen) atoms. The van der Waals surface area contributed by atoms with E-state index in [1.54, 1.807) is 31.2 Å². The third-order valence-electron chi connectivity index (χ3n) is 3.72. The maximum atomic E-state index is 12.3. The lowest BCUT2D eigenvalue weighted by molar-refractivity contribution is 0.0344. The molecule has 0 saturated heterocycles. The molecule has 0 radical (unpaired) electrons. The summed E-state index contributed by atoms with van der Waals surface area (Å²) in [5, 5.41) is 14.6. The number of aliphatic hydroxyl groups is 1. The fraction of sp³-hybridized carbons (Fsp3) is 0.167. The van der Waals surface area contributed by atoms with Crippen LogP contribution in [0.2, 0.25) is 5.02 Å². The molecule has 3 rings (SSSR count). The third-order valence-corrected chi connectivity index (χ3v) is 4.55. The van der Waals surface area contributed by atoms with Gasteiger partial charge < -0.3 is 14.8 Å². The summed E-state index contributed by atoms with van der Waals surface area (Å²) in [5.41, 5.74) is -0.312. The SMILES string of the molecule is CC(O)(CNC(=O)c1cc(Br)ccc1Cl)c1cc2ccccc2o1. The first-order valence-corrected chi connectivity index (χ1v) is 8.48. The quantitative estimate of drug-likeness (QED) is 0.669. The molecular weight excluding hydrogens is 394 g/mol. The molecule has 0 aliphatic carbocycles. The van der Waals surface area contributed by atoms with Gasteiger partial charge in [0.1, 0.15) is 16.9 Å². The number of hydrogen-bond acceptors (Lipinski definition) is 3. The summed E-state index contributed by atoms with van der Waals surface area (Å²) in [4.78, 5) is 12.3. The minimum Gasteiger partial charge on any atom is -0.458 e. The number of hydrogen-bond donors (Lipinski definition) is 2. The number of fused-ring (bicyclic) bond motifs is 1. The van der Waals surface area contributed by atoms with Gasteiger partial charge in [-0.05, 0) is 37.3 Å². The van der Waals surface area contributed by atoms with Gasteiger partial charge in [-0.2, -0.15) is 0 Å². The van der Waals surface area contributed by atoms with Gasteiger partial charge in [-0.25, -0.2) is 0 Å². The molecule has 4 nitrogen and oxygen atoms in total. The van der Waals surface area contributed by atoms with Crippen LogP contribution >= 0.6 is 27.5 Å². The molecule has 0 saturated carbocycles. The van der Waals surface area contributed by atoms with Gasteiger partial charge >= 0.3 is 0 Å². The highest BCUT2D eigenvalue weighted by molar-refractivity contribution is 9.10. The second-order valence-electron chi connectivity index (χ2n) is 5.73. The molecule has 1 heterocycles. The van der Waals surface area contributed by atoms with E-state index < -0.39 is 5.60 Å². The molecule has 1 amide bonds. The summed E-state index contributed by atoms with van der Waals surface area (Å²) in [7, 11) is 0. The molecule has 2 N–H and O–H groups in total. The van der Waals surface area contributed by atoms with Gasteiger partial charge in [0.15, 0.2) is 0 Å². The fourth-order valence-corrected chi connectivity index (χ4v) is 2.92. The zero-order valence-corrected chi connectivity index (χ0v) is 15.2. The minimum absolute atomic E-state index is 0.00546. The van der Waals surface area contributed by atoms with Crippen molar-refractivity contribution < 1.29 is 14.3 Å². The number of nitrogens with one attached hydrogen (secondary N) is 1. The Morgan fingerprint density at radius 1 is 1.29 bits per heavy atom. The highest BCUT2D eigenvalue weighted by Gasteiger charge is 2.28. The molecule has 0 aliphatic rings. The van der Waals surface area contributed by atoms with Gasteiger partial charge in [0.25, 0.3) is 5.91 Å². The van der Waals surface area contributed by atoms with Crippen molar-refractivity contribution in [3.05, 3.63) is 69.3 Å². The maximum absolute atomic E-state index is 12.3. The topological polar surface area (TPSA) is 62.5 Å². The lowest BCUT2D eigenvalue weighted by Crippen LogP contribution is -2.38. The summed E-state index contributed by atoms with van der Waals surface area (Å²) in [6.45, 7) is 1.59. The van der Waals surface area contributed by atoms with E-state index in [0.29, 0.717) is 21.9 Å². The summed E-state index contributed by atoms with van der Waals surface area (Å²) in [5.74, 6) is 0.0297. The average molecular weight is 409 g/mol. The summed E-state index contributed by atoms with van der Waals surface area (Å²) in [6.07, 6.45) is 0. The molecule has 0 bridgehead atoms. The number of amides is 1. The van der Waals surface area contributed by atoms with Gasteiger partial charge in [-0.15, -0.1) is 0 Å². The predicted molar refractivity (Wildman–Crippen MR) is 97.3 cm³/mol. The van der Waals surface area contributed by atoms with E-state index in [0.717, 1.165) is 9.86 Å². The highest BCUT2D eigenvalue weighted by atomic mass is 79.9. The summed E-state index contributed by atoms with van der Waals surface area (Å²) in [6, 6.07) is 14.3. The van der Waals surface area contributed by atoms with E-state index in [2.05, 4.69) is 21.2 Å². The number of benzene rings is 2. The number of halogens is 2. The number of para-hydroxylation sites is 1.